The molecule has 0 amide bonds. The lowest BCUT2D eigenvalue weighted by Crippen LogP contribution is -2.57. The van der Waals surface area contributed by atoms with Gasteiger partial charge in [0.2, 0.25) is 0 Å². The van der Waals surface area contributed by atoms with Crippen molar-refractivity contribution in [3.63, 3.8) is 0 Å². The second kappa shape index (κ2) is 7.66. The normalized spacial score (nSPS) is 26.7. The van der Waals surface area contributed by atoms with E-state index in [4.69, 9.17) is 12.2 Å². The van der Waals surface area contributed by atoms with Crippen LogP contribution in [0.1, 0.15) is 43.2 Å². The number of hydrogen-bond acceptors (Lipinski definition) is 2. The SMILES string of the molecule is C=CCN1C2CCCC1CC(NC(=S)Nc1cccc(C)c1C)C2. The minimum Gasteiger partial charge on any atom is -0.360 e. The highest BCUT2D eigenvalue weighted by atomic mass is 32.1. The average Bonchev–Trinajstić information content (AvgIpc) is 2.53. The van der Waals surface area contributed by atoms with Gasteiger partial charge in [-0.3, -0.25) is 4.90 Å². The van der Waals surface area contributed by atoms with Gasteiger partial charge < -0.3 is 10.6 Å². The number of aryl methyl sites for hydroxylation is 1. The molecule has 4 heteroatoms. The first-order chi connectivity index (χ1) is 11.6. The summed E-state index contributed by atoms with van der Waals surface area (Å²) in [4.78, 5) is 2.65. The molecule has 24 heavy (non-hydrogen) atoms. The van der Waals surface area contributed by atoms with Gasteiger partial charge in [0.1, 0.15) is 0 Å². The van der Waals surface area contributed by atoms with E-state index in [0.717, 1.165) is 17.3 Å². The summed E-state index contributed by atoms with van der Waals surface area (Å²) >= 11 is 5.58. The van der Waals surface area contributed by atoms with Crippen LogP contribution in [0.5, 0.6) is 0 Å². The number of nitrogens with zero attached hydrogens (tertiary/aromatic N) is 1. The monoisotopic (exact) mass is 343 g/mol. The molecule has 2 aliphatic heterocycles. The molecule has 0 spiro atoms. The Hall–Kier alpha value is -1.39. The van der Waals surface area contributed by atoms with E-state index < -0.39 is 0 Å². The second-order valence-corrected chi connectivity index (χ2v) is 7.65. The maximum atomic E-state index is 5.58. The van der Waals surface area contributed by atoms with Crippen molar-refractivity contribution in [3.05, 3.63) is 42.0 Å². The third-order valence-corrected chi connectivity index (χ3v) is 5.87. The summed E-state index contributed by atoms with van der Waals surface area (Å²) in [5.74, 6) is 0. The largest absolute Gasteiger partial charge is 0.360 e. The Bertz CT molecular complexity index is 599. The third kappa shape index (κ3) is 3.81. The van der Waals surface area contributed by atoms with Crippen LogP contribution in [0.15, 0.2) is 30.9 Å². The summed E-state index contributed by atoms with van der Waals surface area (Å²) in [6.45, 7) is 9.21. The minimum absolute atomic E-state index is 0.478. The first kappa shape index (κ1) is 17.4. The molecule has 3 rings (SSSR count). The molecule has 0 aliphatic carbocycles. The number of benzene rings is 1. The van der Waals surface area contributed by atoms with E-state index in [0.29, 0.717) is 18.1 Å². The number of anilines is 1. The van der Waals surface area contributed by atoms with Crippen LogP contribution in [-0.4, -0.2) is 34.7 Å². The average molecular weight is 344 g/mol. The Labute approximate surface area is 151 Å². The van der Waals surface area contributed by atoms with Crippen LogP contribution in [0.2, 0.25) is 0 Å². The summed E-state index contributed by atoms with van der Waals surface area (Å²) in [6.07, 6.45) is 8.38. The third-order valence-electron chi connectivity index (χ3n) is 5.65. The van der Waals surface area contributed by atoms with E-state index in [2.05, 4.69) is 54.2 Å². The summed E-state index contributed by atoms with van der Waals surface area (Å²) in [7, 11) is 0. The molecule has 0 radical (unpaired) electrons. The van der Waals surface area contributed by atoms with E-state index >= 15 is 0 Å². The Morgan fingerprint density at radius 2 is 2.00 bits per heavy atom. The molecule has 2 heterocycles. The van der Waals surface area contributed by atoms with E-state index in [1.54, 1.807) is 0 Å². The molecule has 2 N–H and O–H groups in total. The van der Waals surface area contributed by atoms with E-state index in [1.807, 2.05) is 6.08 Å². The van der Waals surface area contributed by atoms with Crippen LogP contribution in [0.3, 0.4) is 0 Å². The molecule has 2 atom stereocenters. The number of piperidine rings is 2. The molecular formula is C20H29N3S. The first-order valence-electron chi connectivity index (χ1n) is 9.09. The van der Waals surface area contributed by atoms with Crippen LogP contribution in [0.25, 0.3) is 0 Å². The highest BCUT2D eigenvalue weighted by Crippen LogP contribution is 2.34. The predicted molar refractivity (Wildman–Crippen MR) is 107 cm³/mol. The van der Waals surface area contributed by atoms with Crippen LogP contribution >= 0.6 is 12.2 Å². The van der Waals surface area contributed by atoms with Crippen LogP contribution < -0.4 is 10.6 Å². The maximum absolute atomic E-state index is 5.58. The highest BCUT2D eigenvalue weighted by Gasteiger charge is 2.37. The number of nitrogens with one attached hydrogen (secondary N) is 2. The number of rotatable bonds is 4. The standard InChI is InChI=1S/C20H29N3S/c1-4-11-23-17-8-6-9-18(23)13-16(12-17)21-20(24)22-19-10-5-7-14(2)15(19)3/h4-5,7,10,16-18H,1,6,8-9,11-13H2,2-3H3,(H2,21,22,24). The van der Waals surface area contributed by atoms with Crippen LogP contribution in [0.4, 0.5) is 5.69 Å². The van der Waals surface area contributed by atoms with Crippen molar-refractivity contribution in [1.29, 1.82) is 0 Å². The van der Waals surface area contributed by atoms with Gasteiger partial charge in [0.15, 0.2) is 5.11 Å². The lowest BCUT2D eigenvalue weighted by Gasteiger charge is -2.48. The first-order valence-corrected chi connectivity index (χ1v) is 9.49. The van der Waals surface area contributed by atoms with Gasteiger partial charge in [-0.05, 0) is 68.9 Å². The fourth-order valence-electron chi connectivity index (χ4n) is 4.27. The van der Waals surface area contributed by atoms with Crippen molar-refractivity contribution in [1.82, 2.24) is 10.2 Å². The summed E-state index contributed by atoms with van der Waals surface area (Å²) < 4.78 is 0. The Balaban J connectivity index is 1.59. The van der Waals surface area contributed by atoms with Gasteiger partial charge in [0.05, 0.1) is 0 Å². The molecular weight excluding hydrogens is 314 g/mol. The maximum Gasteiger partial charge on any atom is 0.171 e. The summed E-state index contributed by atoms with van der Waals surface area (Å²) in [6, 6.07) is 8.14. The van der Waals surface area contributed by atoms with Gasteiger partial charge in [0, 0.05) is 30.4 Å². The molecule has 1 aromatic carbocycles. The van der Waals surface area contributed by atoms with Crippen molar-refractivity contribution in [3.8, 4) is 0 Å². The van der Waals surface area contributed by atoms with Gasteiger partial charge in [-0.15, -0.1) is 6.58 Å². The van der Waals surface area contributed by atoms with Gasteiger partial charge in [0.25, 0.3) is 0 Å². The predicted octanol–water partition coefficient (Wildman–Crippen LogP) is 4.16. The molecule has 1 aromatic rings. The zero-order valence-corrected chi connectivity index (χ0v) is 15.7. The molecule has 2 aliphatic rings. The topological polar surface area (TPSA) is 27.3 Å². The quantitative estimate of drug-likeness (QED) is 0.634. The lowest BCUT2D eigenvalue weighted by atomic mass is 9.82. The van der Waals surface area contributed by atoms with Gasteiger partial charge >= 0.3 is 0 Å². The molecule has 0 aromatic heterocycles. The number of fused-ring (bicyclic) bond motifs is 2. The Morgan fingerprint density at radius 3 is 2.67 bits per heavy atom. The van der Waals surface area contributed by atoms with E-state index in [1.165, 1.54) is 43.2 Å². The zero-order chi connectivity index (χ0) is 17.1. The molecule has 2 fully saturated rings. The molecule has 3 nitrogen and oxygen atoms in total. The van der Waals surface area contributed by atoms with E-state index in [-0.39, 0.29) is 0 Å². The fourth-order valence-corrected chi connectivity index (χ4v) is 4.55. The number of thiocarbonyl (C=S) groups is 1. The van der Waals surface area contributed by atoms with E-state index in [9.17, 15) is 0 Å². The summed E-state index contributed by atoms with van der Waals surface area (Å²) in [5, 5.41) is 7.72. The minimum atomic E-state index is 0.478. The van der Waals surface area contributed by atoms with Crippen LogP contribution in [-0.2, 0) is 0 Å². The molecule has 2 saturated heterocycles. The van der Waals surface area contributed by atoms with Crippen LogP contribution in [0, 0.1) is 13.8 Å². The van der Waals surface area contributed by atoms with Crippen molar-refractivity contribution < 1.29 is 0 Å². The fraction of sp³-hybridized carbons (Fsp3) is 0.550. The molecule has 130 valence electrons. The van der Waals surface area contributed by atoms with Crippen molar-refractivity contribution in [2.24, 2.45) is 0 Å². The lowest BCUT2D eigenvalue weighted by molar-refractivity contribution is 0.0389. The molecule has 0 saturated carbocycles. The van der Waals surface area contributed by atoms with Crippen molar-refractivity contribution in [2.75, 3.05) is 11.9 Å². The van der Waals surface area contributed by atoms with Crippen molar-refractivity contribution in [2.45, 2.75) is 64.1 Å². The van der Waals surface area contributed by atoms with Gasteiger partial charge in [-0.1, -0.05) is 24.6 Å². The highest BCUT2D eigenvalue weighted by molar-refractivity contribution is 7.80. The molecule has 2 bridgehead atoms. The Morgan fingerprint density at radius 1 is 1.29 bits per heavy atom. The molecule has 2 unspecified atom stereocenters. The van der Waals surface area contributed by atoms with Gasteiger partial charge in [-0.25, -0.2) is 0 Å². The number of hydrogen-bond donors (Lipinski definition) is 2. The Kier molecular flexibility index (Phi) is 5.57. The van der Waals surface area contributed by atoms with Crippen molar-refractivity contribution >= 4 is 23.0 Å². The summed E-state index contributed by atoms with van der Waals surface area (Å²) in [5.41, 5.74) is 3.66. The van der Waals surface area contributed by atoms with Gasteiger partial charge in [-0.2, -0.15) is 0 Å². The second-order valence-electron chi connectivity index (χ2n) is 7.24. The smallest absolute Gasteiger partial charge is 0.171 e. The zero-order valence-electron chi connectivity index (χ0n) is 14.8.